The van der Waals surface area contributed by atoms with Crippen LogP contribution in [0.5, 0.6) is 5.88 Å². The van der Waals surface area contributed by atoms with Crippen LogP contribution >= 0.6 is 11.8 Å². The van der Waals surface area contributed by atoms with Gasteiger partial charge in [-0.25, -0.2) is 9.97 Å². The van der Waals surface area contributed by atoms with E-state index in [4.69, 9.17) is 9.47 Å². The molecule has 0 spiro atoms. The highest BCUT2D eigenvalue weighted by molar-refractivity contribution is 7.99. The summed E-state index contributed by atoms with van der Waals surface area (Å²) in [4.78, 5) is 28.2. The zero-order valence-electron chi connectivity index (χ0n) is 17.7. The van der Waals surface area contributed by atoms with Crippen LogP contribution in [0, 0.1) is 6.92 Å². The van der Waals surface area contributed by atoms with Gasteiger partial charge in [-0.1, -0.05) is 19.9 Å². The molecule has 0 N–H and O–H groups in total. The van der Waals surface area contributed by atoms with Crippen molar-refractivity contribution < 1.29 is 14.3 Å². The van der Waals surface area contributed by atoms with Gasteiger partial charge in [0.25, 0.3) is 5.91 Å². The number of hydrogen-bond donors (Lipinski definition) is 0. The fourth-order valence-electron chi connectivity index (χ4n) is 3.05. The van der Waals surface area contributed by atoms with Crippen molar-refractivity contribution in [2.75, 3.05) is 32.1 Å². The largest absolute Gasteiger partial charge is 0.475 e. The van der Waals surface area contributed by atoms with Gasteiger partial charge in [-0.05, 0) is 19.1 Å². The molecule has 0 aromatic carbocycles. The highest BCUT2D eigenvalue weighted by atomic mass is 32.2. The van der Waals surface area contributed by atoms with Gasteiger partial charge in [0.1, 0.15) is 23.6 Å². The zero-order valence-corrected chi connectivity index (χ0v) is 18.5. The quantitative estimate of drug-likeness (QED) is 0.470. The molecule has 1 unspecified atom stereocenters. The van der Waals surface area contributed by atoms with Crippen LogP contribution in [-0.4, -0.2) is 63.9 Å². The predicted molar refractivity (Wildman–Crippen MR) is 117 cm³/mol. The molecule has 2 aromatic heterocycles. The van der Waals surface area contributed by atoms with Crippen molar-refractivity contribution in [2.45, 2.75) is 37.8 Å². The summed E-state index contributed by atoms with van der Waals surface area (Å²) in [6, 6.07) is 5.42. The van der Waals surface area contributed by atoms with Crippen molar-refractivity contribution in [3.63, 3.8) is 0 Å². The van der Waals surface area contributed by atoms with Crippen LogP contribution in [0.3, 0.4) is 0 Å². The smallest absolute Gasteiger partial charge is 0.256 e. The lowest BCUT2D eigenvalue weighted by atomic mass is 10.2. The van der Waals surface area contributed by atoms with Gasteiger partial charge in [0.2, 0.25) is 5.88 Å². The second kappa shape index (κ2) is 10.5. The summed E-state index contributed by atoms with van der Waals surface area (Å²) in [6.45, 7) is 11.5. The maximum atomic E-state index is 13.1. The zero-order chi connectivity index (χ0) is 21.5. The Kier molecular flexibility index (Phi) is 7.81. The van der Waals surface area contributed by atoms with Crippen molar-refractivity contribution >= 4 is 17.7 Å². The number of carbonyl (C=O) groups is 1. The number of nitrogens with zero attached hydrogens (tertiary/aromatic N) is 4. The number of pyridine rings is 1. The molecular formula is C22H28N4O3S. The third-order valence-electron chi connectivity index (χ3n) is 4.55. The summed E-state index contributed by atoms with van der Waals surface area (Å²) in [5, 5.41) is 0.722. The van der Waals surface area contributed by atoms with E-state index in [1.54, 1.807) is 23.2 Å². The SMILES string of the molecule is C=CCSc1ncccc1C(=O)N1CCOC(COc2cc(C)nc(C(C)C)n2)C1. The summed E-state index contributed by atoms with van der Waals surface area (Å²) in [6.07, 6.45) is 3.28. The Labute approximate surface area is 181 Å². The molecule has 7 nitrogen and oxygen atoms in total. The normalized spacial score (nSPS) is 16.5. The molecule has 0 bridgehead atoms. The molecule has 1 aliphatic heterocycles. The molecule has 0 aliphatic carbocycles. The predicted octanol–water partition coefficient (Wildman–Crippen LogP) is 3.50. The number of rotatable bonds is 8. The molecule has 1 aliphatic rings. The van der Waals surface area contributed by atoms with Crippen LogP contribution in [0.4, 0.5) is 0 Å². The fourth-order valence-corrected chi connectivity index (χ4v) is 3.78. The first kappa shape index (κ1) is 22.2. The lowest BCUT2D eigenvalue weighted by Crippen LogP contribution is -2.47. The van der Waals surface area contributed by atoms with E-state index in [0.29, 0.717) is 43.5 Å². The molecule has 2 aromatic rings. The Morgan fingerprint density at radius 2 is 2.30 bits per heavy atom. The topological polar surface area (TPSA) is 77.4 Å². The Hall–Kier alpha value is -2.45. The number of hydrogen-bond acceptors (Lipinski definition) is 7. The molecule has 1 fully saturated rings. The maximum Gasteiger partial charge on any atom is 0.256 e. The van der Waals surface area contributed by atoms with Gasteiger partial charge in [-0.2, -0.15) is 4.98 Å². The van der Waals surface area contributed by atoms with Crippen LogP contribution in [0.15, 0.2) is 42.1 Å². The van der Waals surface area contributed by atoms with E-state index in [1.165, 1.54) is 11.8 Å². The first-order chi connectivity index (χ1) is 14.5. The van der Waals surface area contributed by atoms with Gasteiger partial charge < -0.3 is 14.4 Å². The first-order valence-electron chi connectivity index (χ1n) is 10.1. The minimum atomic E-state index is -0.221. The second-order valence-corrected chi connectivity index (χ2v) is 8.38. The van der Waals surface area contributed by atoms with Crippen LogP contribution in [-0.2, 0) is 4.74 Å². The van der Waals surface area contributed by atoms with Gasteiger partial charge in [0, 0.05) is 36.2 Å². The van der Waals surface area contributed by atoms with E-state index in [9.17, 15) is 4.79 Å². The number of amides is 1. The Balaban J connectivity index is 1.63. The van der Waals surface area contributed by atoms with Gasteiger partial charge in [-0.3, -0.25) is 4.79 Å². The maximum absolute atomic E-state index is 13.1. The Morgan fingerprint density at radius 3 is 3.07 bits per heavy atom. The monoisotopic (exact) mass is 428 g/mol. The lowest BCUT2D eigenvalue weighted by molar-refractivity contribution is -0.0408. The van der Waals surface area contributed by atoms with Crippen molar-refractivity contribution in [1.29, 1.82) is 0 Å². The van der Waals surface area contributed by atoms with Gasteiger partial charge in [0.15, 0.2) is 0 Å². The third-order valence-corrected chi connectivity index (χ3v) is 5.55. The van der Waals surface area contributed by atoms with Crippen LogP contribution in [0.25, 0.3) is 0 Å². The summed E-state index contributed by atoms with van der Waals surface area (Å²) >= 11 is 1.51. The summed E-state index contributed by atoms with van der Waals surface area (Å²) in [5.41, 5.74) is 1.48. The highest BCUT2D eigenvalue weighted by Gasteiger charge is 2.27. The molecule has 3 heterocycles. The molecule has 1 saturated heterocycles. The first-order valence-corrected chi connectivity index (χ1v) is 11.0. The molecule has 30 heavy (non-hydrogen) atoms. The van der Waals surface area contributed by atoms with E-state index in [1.807, 2.05) is 32.9 Å². The standard InChI is InChI=1S/C22H28N4O3S/c1-5-11-30-21-18(7-6-8-23-21)22(27)26-9-10-28-17(13-26)14-29-19-12-16(4)24-20(25-19)15(2)3/h5-8,12,15,17H,1,9-11,13-14H2,2-4H3. The van der Waals surface area contributed by atoms with Crippen LogP contribution in [0.2, 0.25) is 0 Å². The van der Waals surface area contributed by atoms with Crippen molar-refractivity contribution in [3.05, 3.63) is 54.1 Å². The van der Waals surface area contributed by atoms with Crippen LogP contribution < -0.4 is 4.74 Å². The average molecular weight is 429 g/mol. The molecule has 1 atom stereocenters. The van der Waals surface area contributed by atoms with E-state index in [0.717, 1.165) is 16.5 Å². The highest BCUT2D eigenvalue weighted by Crippen LogP contribution is 2.22. The lowest BCUT2D eigenvalue weighted by Gasteiger charge is -2.33. The summed E-state index contributed by atoms with van der Waals surface area (Å²) in [7, 11) is 0. The van der Waals surface area contributed by atoms with E-state index in [-0.39, 0.29) is 17.9 Å². The molecular weight excluding hydrogens is 400 g/mol. The molecule has 1 amide bonds. The van der Waals surface area contributed by atoms with Crippen molar-refractivity contribution in [1.82, 2.24) is 19.9 Å². The minimum absolute atomic E-state index is 0.0389. The summed E-state index contributed by atoms with van der Waals surface area (Å²) < 4.78 is 11.7. The Morgan fingerprint density at radius 1 is 1.47 bits per heavy atom. The van der Waals surface area contributed by atoms with E-state index < -0.39 is 0 Å². The molecule has 0 saturated carbocycles. The molecule has 0 radical (unpaired) electrons. The summed E-state index contributed by atoms with van der Waals surface area (Å²) in [5.74, 6) is 2.18. The van der Waals surface area contributed by atoms with Crippen LogP contribution in [0.1, 0.15) is 41.6 Å². The average Bonchev–Trinajstić information content (AvgIpc) is 2.76. The van der Waals surface area contributed by atoms with Crippen molar-refractivity contribution in [3.8, 4) is 5.88 Å². The van der Waals surface area contributed by atoms with Crippen molar-refractivity contribution in [2.24, 2.45) is 0 Å². The third kappa shape index (κ3) is 5.79. The molecule has 8 heteroatoms. The number of morpholine rings is 1. The molecule has 3 rings (SSSR count). The number of aromatic nitrogens is 3. The number of thioether (sulfide) groups is 1. The van der Waals surface area contributed by atoms with Gasteiger partial charge in [-0.15, -0.1) is 18.3 Å². The second-order valence-electron chi connectivity index (χ2n) is 7.37. The van der Waals surface area contributed by atoms with E-state index >= 15 is 0 Å². The number of carbonyl (C=O) groups excluding carboxylic acids is 1. The molecule has 160 valence electrons. The van der Waals surface area contributed by atoms with E-state index in [2.05, 4.69) is 21.5 Å². The number of ether oxygens (including phenoxy) is 2. The van der Waals surface area contributed by atoms with Gasteiger partial charge >= 0.3 is 0 Å². The Bertz CT molecular complexity index is 890. The number of aryl methyl sites for hydroxylation is 1. The van der Waals surface area contributed by atoms with Gasteiger partial charge in [0.05, 0.1) is 18.7 Å². The minimum Gasteiger partial charge on any atom is -0.475 e. The fraction of sp³-hybridized carbons (Fsp3) is 0.455.